The van der Waals surface area contributed by atoms with E-state index in [2.05, 4.69) is 15.0 Å². The summed E-state index contributed by atoms with van der Waals surface area (Å²) in [4.78, 5) is 27.1. The van der Waals surface area contributed by atoms with Crippen LogP contribution in [0.3, 0.4) is 0 Å². The molecule has 0 spiro atoms. The van der Waals surface area contributed by atoms with Crippen LogP contribution in [-0.4, -0.2) is 39.4 Å². The number of hydrogen-bond donors (Lipinski definition) is 0. The van der Waals surface area contributed by atoms with E-state index in [0.717, 1.165) is 28.5 Å². The van der Waals surface area contributed by atoms with Crippen LogP contribution in [-0.2, 0) is 17.6 Å². The average molecular weight is 338 g/mol. The highest BCUT2D eigenvalue weighted by atomic mass is 32.1. The summed E-state index contributed by atoms with van der Waals surface area (Å²) in [6, 6.07) is 11.5. The largest absolute Gasteiger partial charge is 0.345 e. The summed E-state index contributed by atoms with van der Waals surface area (Å²) in [5, 5.41) is 2.77. The average Bonchev–Trinajstić information content (AvgIpc) is 3.10. The molecule has 122 valence electrons. The van der Waals surface area contributed by atoms with Crippen LogP contribution >= 0.6 is 11.3 Å². The maximum Gasteiger partial charge on any atom is 0.228 e. The molecule has 0 aromatic carbocycles. The molecular formula is C18H18N4OS. The molecule has 0 radical (unpaired) electrons. The van der Waals surface area contributed by atoms with Crippen molar-refractivity contribution in [2.24, 2.45) is 0 Å². The molecular weight excluding hydrogens is 320 g/mol. The summed E-state index contributed by atoms with van der Waals surface area (Å²) in [6.07, 6.45) is 4.57. The maximum absolute atomic E-state index is 12.3. The highest BCUT2D eigenvalue weighted by Crippen LogP contribution is 2.21. The molecule has 0 N–H and O–H groups in total. The Kier molecular flexibility index (Phi) is 5.28. The van der Waals surface area contributed by atoms with E-state index >= 15 is 0 Å². The molecule has 3 aromatic heterocycles. The van der Waals surface area contributed by atoms with Gasteiger partial charge in [0.15, 0.2) is 0 Å². The van der Waals surface area contributed by atoms with E-state index in [-0.39, 0.29) is 5.91 Å². The Hall–Kier alpha value is -2.60. The van der Waals surface area contributed by atoms with Gasteiger partial charge in [-0.3, -0.25) is 14.8 Å². The molecule has 0 saturated carbocycles. The lowest BCUT2D eigenvalue weighted by molar-refractivity contribution is -0.129. The SMILES string of the molecule is CN(CCc1ccccn1)C(=O)Cc1csc(-c2ccccn2)n1. The first-order valence-electron chi connectivity index (χ1n) is 7.72. The second-order valence-corrected chi connectivity index (χ2v) is 6.28. The van der Waals surface area contributed by atoms with Crippen LogP contribution in [0.2, 0.25) is 0 Å². The Balaban J connectivity index is 1.55. The van der Waals surface area contributed by atoms with Crippen molar-refractivity contribution >= 4 is 17.2 Å². The third-order valence-corrected chi connectivity index (χ3v) is 4.54. The van der Waals surface area contributed by atoms with Crippen molar-refractivity contribution in [1.29, 1.82) is 0 Å². The van der Waals surface area contributed by atoms with Gasteiger partial charge in [0.05, 0.1) is 17.8 Å². The summed E-state index contributed by atoms with van der Waals surface area (Å²) in [7, 11) is 1.82. The zero-order valence-corrected chi connectivity index (χ0v) is 14.2. The number of thiazole rings is 1. The van der Waals surface area contributed by atoms with Crippen molar-refractivity contribution in [2.45, 2.75) is 12.8 Å². The van der Waals surface area contributed by atoms with Crippen LogP contribution in [0.1, 0.15) is 11.4 Å². The molecule has 6 heteroatoms. The van der Waals surface area contributed by atoms with Gasteiger partial charge in [-0.25, -0.2) is 4.98 Å². The fraction of sp³-hybridized carbons (Fsp3) is 0.222. The van der Waals surface area contributed by atoms with Crippen LogP contribution in [0.15, 0.2) is 54.2 Å². The fourth-order valence-corrected chi connectivity index (χ4v) is 3.03. The van der Waals surface area contributed by atoms with E-state index in [1.807, 2.05) is 48.8 Å². The van der Waals surface area contributed by atoms with Crippen molar-refractivity contribution < 1.29 is 4.79 Å². The number of amides is 1. The van der Waals surface area contributed by atoms with Gasteiger partial charge in [0.25, 0.3) is 0 Å². The van der Waals surface area contributed by atoms with Crippen LogP contribution in [0.25, 0.3) is 10.7 Å². The molecule has 0 aliphatic carbocycles. The summed E-state index contributed by atoms with van der Waals surface area (Å²) in [5.74, 6) is 0.0591. The molecule has 0 unspecified atom stereocenters. The third kappa shape index (κ3) is 4.23. The number of hydrogen-bond acceptors (Lipinski definition) is 5. The Bertz CT molecular complexity index is 789. The highest BCUT2D eigenvalue weighted by molar-refractivity contribution is 7.13. The number of nitrogens with zero attached hydrogens (tertiary/aromatic N) is 4. The first kappa shape index (κ1) is 16.3. The second-order valence-electron chi connectivity index (χ2n) is 5.42. The molecule has 0 aliphatic heterocycles. The summed E-state index contributed by atoms with van der Waals surface area (Å²) in [6.45, 7) is 0.646. The molecule has 0 atom stereocenters. The normalized spacial score (nSPS) is 10.5. The third-order valence-electron chi connectivity index (χ3n) is 3.62. The van der Waals surface area contributed by atoms with E-state index in [1.165, 1.54) is 11.3 Å². The van der Waals surface area contributed by atoms with Crippen molar-refractivity contribution in [3.8, 4) is 10.7 Å². The molecule has 3 rings (SSSR count). The van der Waals surface area contributed by atoms with Crippen LogP contribution in [0.5, 0.6) is 0 Å². The van der Waals surface area contributed by atoms with Crippen molar-refractivity contribution in [3.05, 3.63) is 65.6 Å². The number of carbonyl (C=O) groups is 1. The summed E-state index contributed by atoms with van der Waals surface area (Å²) in [5.41, 5.74) is 2.61. The Morgan fingerprint density at radius 1 is 1.08 bits per heavy atom. The first-order chi connectivity index (χ1) is 11.7. The smallest absolute Gasteiger partial charge is 0.228 e. The predicted molar refractivity (Wildman–Crippen MR) is 94.6 cm³/mol. The zero-order chi connectivity index (χ0) is 16.8. The van der Waals surface area contributed by atoms with Crippen molar-refractivity contribution in [3.63, 3.8) is 0 Å². The van der Waals surface area contributed by atoms with Gasteiger partial charge in [-0.05, 0) is 24.3 Å². The van der Waals surface area contributed by atoms with Gasteiger partial charge in [-0.2, -0.15) is 0 Å². The molecule has 0 fully saturated rings. The number of pyridine rings is 2. The van der Waals surface area contributed by atoms with Gasteiger partial charge in [0.2, 0.25) is 5.91 Å². The minimum Gasteiger partial charge on any atom is -0.345 e. The quantitative estimate of drug-likeness (QED) is 0.693. The van der Waals surface area contributed by atoms with E-state index in [4.69, 9.17) is 0 Å². The molecule has 0 aliphatic rings. The number of carbonyl (C=O) groups excluding carboxylic acids is 1. The Labute approximate surface area is 145 Å². The number of rotatable bonds is 6. The number of aromatic nitrogens is 3. The summed E-state index contributed by atoms with van der Waals surface area (Å²) >= 11 is 1.51. The topological polar surface area (TPSA) is 59.0 Å². The van der Waals surface area contributed by atoms with Crippen molar-refractivity contribution in [1.82, 2.24) is 19.9 Å². The lowest BCUT2D eigenvalue weighted by atomic mass is 10.2. The minimum absolute atomic E-state index is 0.0591. The monoisotopic (exact) mass is 338 g/mol. The summed E-state index contributed by atoms with van der Waals surface area (Å²) < 4.78 is 0. The van der Waals surface area contributed by atoms with E-state index < -0.39 is 0 Å². The van der Waals surface area contributed by atoms with Gasteiger partial charge in [0.1, 0.15) is 5.01 Å². The fourth-order valence-electron chi connectivity index (χ4n) is 2.24. The molecule has 1 amide bonds. The molecule has 0 saturated heterocycles. The predicted octanol–water partition coefficient (Wildman–Crippen LogP) is 2.84. The van der Waals surface area contributed by atoms with Crippen LogP contribution in [0, 0.1) is 0 Å². The molecule has 5 nitrogen and oxygen atoms in total. The van der Waals surface area contributed by atoms with E-state index in [0.29, 0.717) is 13.0 Å². The first-order valence-corrected chi connectivity index (χ1v) is 8.60. The molecule has 0 bridgehead atoms. The van der Waals surface area contributed by atoms with Crippen LogP contribution < -0.4 is 0 Å². The Morgan fingerprint density at radius 3 is 2.58 bits per heavy atom. The lowest BCUT2D eigenvalue weighted by Crippen LogP contribution is -2.30. The van der Waals surface area contributed by atoms with Crippen LogP contribution in [0.4, 0.5) is 0 Å². The van der Waals surface area contributed by atoms with Gasteiger partial charge in [0, 0.05) is 43.5 Å². The van der Waals surface area contributed by atoms with Gasteiger partial charge < -0.3 is 4.90 Å². The van der Waals surface area contributed by atoms with E-state index in [1.54, 1.807) is 17.3 Å². The zero-order valence-electron chi connectivity index (χ0n) is 13.4. The standard InChI is InChI=1S/C18H18N4OS/c1-22(11-8-14-6-2-4-9-19-14)17(23)12-15-13-24-18(21-15)16-7-3-5-10-20-16/h2-7,9-10,13H,8,11-12H2,1H3. The number of likely N-dealkylation sites (N-methyl/N-ethyl adjacent to an activating group) is 1. The van der Waals surface area contributed by atoms with Crippen molar-refractivity contribution in [2.75, 3.05) is 13.6 Å². The minimum atomic E-state index is 0.0591. The Morgan fingerprint density at radius 2 is 1.88 bits per heavy atom. The second kappa shape index (κ2) is 7.79. The molecule has 24 heavy (non-hydrogen) atoms. The van der Waals surface area contributed by atoms with E-state index in [9.17, 15) is 4.79 Å². The molecule has 3 heterocycles. The van der Waals surface area contributed by atoms with Gasteiger partial charge in [-0.15, -0.1) is 11.3 Å². The maximum atomic E-state index is 12.3. The van der Waals surface area contributed by atoms with Gasteiger partial charge >= 0.3 is 0 Å². The highest BCUT2D eigenvalue weighted by Gasteiger charge is 2.13. The lowest BCUT2D eigenvalue weighted by Gasteiger charge is -2.16. The van der Waals surface area contributed by atoms with Gasteiger partial charge in [-0.1, -0.05) is 12.1 Å². The molecule has 3 aromatic rings.